The molecule has 10 nitrogen and oxygen atoms in total. The van der Waals surface area contributed by atoms with Crippen LogP contribution >= 0.6 is 11.3 Å². The summed E-state index contributed by atoms with van der Waals surface area (Å²) in [6.07, 6.45) is 4.14. The van der Waals surface area contributed by atoms with Crippen molar-refractivity contribution in [3.8, 4) is 23.0 Å². The molecule has 3 aromatic heterocycles. The monoisotopic (exact) mass is 521 g/mol. The largest absolute Gasteiger partial charge is 0.493 e. The van der Waals surface area contributed by atoms with Gasteiger partial charge in [0, 0.05) is 42.7 Å². The predicted octanol–water partition coefficient (Wildman–Crippen LogP) is 4.24. The van der Waals surface area contributed by atoms with Crippen molar-refractivity contribution in [3.63, 3.8) is 0 Å². The zero-order valence-corrected chi connectivity index (χ0v) is 21.2. The zero-order chi connectivity index (χ0) is 25.5. The lowest BCUT2D eigenvalue weighted by Crippen LogP contribution is -2.37. The second-order valence-corrected chi connectivity index (χ2v) is 9.01. The second-order valence-electron chi connectivity index (χ2n) is 8.29. The van der Waals surface area contributed by atoms with Gasteiger partial charge in [-0.2, -0.15) is 0 Å². The van der Waals surface area contributed by atoms with E-state index < -0.39 is 0 Å². The van der Waals surface area contributed by atoms with Gasteiger partial charge in [0.1, 0.15) is 23.0 Å². The van der Waals surface area contributed by atoms with Gasteiger partial charge in [0.25, 0.3) is 5.91 Å². The van der Waals surface area contributed by atoms with E-state index in [0.29, 0.717) is 41.1 Å². The third kappa shape index (κ3) is 6.31. The lowest BCUT2D eigenvalue weighted by atomic mass is 10.2. The average molecular weight is 522 g/mol. The SMILES string of the molecule is COc1cc2c(Oc3ccc(NC(=O)c4cscn4)nc3)ccnc2cc1OCCCN1CCOCC1. The number of pyridine rings is 2. The van der Waals surface area contributed by atoms with Gasteiger partial charge in [0.2, 0.25) is 0 Å². The number of thiazole rings is 1. The van der Waals surface area contributed by atoms with Crippen LogP contribution in [0.4, 0.5) is 5.82 Å². The number of hydrogen-bond donors (Lipinski definition) is 1. The van der Waals surface area contributed by atoms with E-state index in [9.17, 15) is 4.79 Å². The number of fused-ring (bicyclic) bond motifs is 1. The van der Waals surface area contributed by atoms with Gasteiger partial charge in [-0.05, 0) is 30.7 Å². The molecule has 4 aromatic rings. The highest BCUT2D eigenvalue weighted by Gasteiger charge is 2.14. The van der Waals surface area contributed by atoms with Crippen LogP contribution in [-0.4, -0.2) is 72.3 Å². The van der Waals surface area contributed by atoms with Crippen LogP contribution < -0.4 is 19.5 Å². The average Bonchev–Trinajstić information content (AvgIpc) is 3.48. The van der Waals surface area contributed by atoms with Crippen LogP contribution in [0.2, 0.25) is 0 Å². The number of anilines is 1. The first-order chi connectivity index (χ1) is 18.2. The summed E-state index contributed by atoms with van der Waals surface area (Å²) in [5.41, 5.74) is 2.68. The van der Waals surface area contributed by atoms with Gasteiger partial charge in [-0.1, -0.05) is 0 Å². The number of hydrogen-bond acceptors (Lipinski definition) is 10. The molecule has 0 radical (unpaired) electrons. The molecule has 192 valence electrons. The second kappa shape index (κ2) is 12.0. The minimum atomic E-state index is -0.311. The number of carbonyl (C=O) groups excluding carboxylic acids is 1. The fourth-order valence-electron chi connectivity index (χ4n) is 3.93. The molecule has 37 heavy (non-hydrogen) atoms. The molecule has 1 saturated heterocycles. The van der Waals surface area contributed by atoms with Crippen molar-refractivity contribution in [1.29, 1.82) is 0 Å². The summed E-state index contributed by atoms with van der Waals surface area (Å²) in [6, 6.07) is 8.92. The first kappa shape index (κ1) is 24.9. The van der Waals surface area contributed by atoms with Crippen LogP contribution in [0.15, 0.2) is 53.6 Å². The fourth-order valence-corrected chi connectivity index (χ4v) is 4.46. The molecular weight excluding hydrogens is 494 g/mol. The van der Waals surface area contributed by atoms with Crippen LogP contribution in [0.5, 0.6) is 23.0 Å². The molecule has 0 aliphatic carbocycles. The minimum absolute atomic E-state index is 0.311. The van der Waals surface area contributed by atoms with E-state index in [0.717, 1.165) is 50.2 Å². The Morgan fingerprint density at radius 1 is 1.11 bits per heavy atom. The van der Waals surface area contributed by atoms with E-state index in [-0.39, 0.29) is 5.91 Å². The summed E-state index contributed by atoms with van der Waals surface area (Å²) >= 11 is 1.36. The number of carbonyl (C=O) groups is 1. The van der Waals surface area contributed by atoms with Gasteiger partial charge in [-0.15, -0.1) is 11.3 Å². The van der Waals surface area contributed by atoms with Crippen molar-refractivity contribution in [2.75, 3.05) is 51.9 Å². The van der Waals surface area contributed by atoms with Crippen LogP contribution in [0.3, 0.4) is 0 Å². The Balaban J connectivity index is 1.24. The van der Waals surface area contributed by atoms with Gasteiger partial charge in [-0.3, -0.25) is 14.7 Å². The van der Waals surface area contributed by atoms with Crippen molar-refractivity contribution in [1.82, 2.24) is 19.9 Å². The number of nitrogens with one attached hydrogen (secondary N) is 1. The molecule has 0 saturated carbocycles. The van der Waals surface area contributed by atoms with E-state index in [2.05, 4.69) is 25.2 Å². The number of aromatic nitrogens is 3. The summed E-state index contributed by atoms with van der Waals surface area (Å²) in [7, 11) is 1.61. The van der Waals surface area contributed by atoms with E-state index in [1.54, 1.807) is 48.6 Å². The Morgan fingerprint density at radius 3 is 2.76 bits per heavy atom. The first-order valence-electron chi connectivity index (χ1n) is 11.9. The highest BCUT2D eigenvalue weighted by Crippen LogP contribution is 2.37. The number of nitrogens with zero attached hydrogens (tertiary/aromatic N) is 4. The molecule has 0 atom stereocenters. The molecule has 1 aromatic carbocycles. The maximum atomic E-state index is 12.2. The van der Waals surface area contributed by atoms with Gasteiger partial charge in [0.15, 0.2) is 11.5 Å². The van der Waals surface area contributed by atoms with Crippen LogP contribution in [0.1, 0.15) is 16.9 Å². The Labute approximate surface area is 218 Å². The lowest BCUT2D eigenvalue weighted by molar-refractivity contribution is 0.0357. The summed E-state index contributed by atoms with van der Waals surface area (Å²) in [4.78, 5) is 27.3. The highest BCUT2D eigenvalue weighted by atomic mass is 32.1. The normalized spacial score (nSPS) is 13.9. The van der Waals surface area contributed by atoms with E-state index in [1.807, 2.05) is 12.1 Å². The van der Waals surface area contributed by atoms with Crippen LogP contribution in [0, 0.1) is 0 Å². The van der Waals surface area contributed by atoms with Crippen molar-refractivity contribution < 1.29 is 23.7 Å². The van der Waals surface area contributed by atoms with E-state index in [1.165, 1.54) is 11.3 Å². The van der Waals surface area contributed by atoms with Gasteiger partial charge in [-0.25, -0.2) is 9.97 Å². The molecule has 11 heteroatoms. The summed E-state index contributed by atoms with van der Waals surface area (Å²) in [5, 5.41) is 5.17. The Kier molecular flexibility index (Phi) is 8.04. The molecule has 0 unspecified atom stereocenters. The van der Waals surface area contributed by atoms with Crippen molar-refractivity contribution in [2.45, 2.75) is 6.42 Å². The molecule has 0 spiro atoms. The summed E-state index contributed by atoms with van der Waals surface area (Å²) in [5.74, 6) is 2.46. The first-order valence-corrected chi connectivity index (χ1v) is 12.9. The number of rotatable bonds is 10. The molecule has 1 aliphatic rings. The number of benzene rings is 1. The van der Waals surface area contributed by atoms with Crippen molar-refractivity contribution >= 4 is 34.0 Å². The zero-order valence-electron chi connectivity index (χ0n) is 20.4. The van der Waals surface area contributed by atoms with Gasteiger partial charge >= 0.3 is 0 Å². The number of morpholine rings is 1. The molecule has 1 N–H and O–H groups in total. The Bertz CT molecular complexity index is 1330. The van der Waals surface area contributed by atoms with E-state index in [4.69, 9.17) is 18.9 Å². The summed E-state index contributed by atoms with van der Waals surface area (Å²) < 4.78 is 23.1. The third-order valence-electron chi connectivity index (χ3n) is 5.84. The quantitative estimate of drug-likeness (QED) is 0.307. The predicted molar refractivity (Wildman–Crippen MR) is 140 cm³/mol. The van der Waals surface area contributed by atoms with Crippen molar-refractivity contribution in [3.05, 3.63) is 59.3 Å². The standard InChI is InChI=1S/C26H27N5O5S/c1-33-23-13-19-20(14-24(23)35-10-2-7-31-8-11-34-12-9-31)27-6-5-22(19)36-18-3-4-25(28-15-18)30-26(32)21-16-37-17-29-21/h3-6,13-17H,2,7-12H2,1H3,(H,28,30,32). The maximum Gasteiger partial charge on any atom is 0.276 e. The summed E-state index contributed by atoms with van der Waals surface area (Å²) in [6.45, 7) is 5.05. The third-order valence-corrected chi connectivity index (χ3v) is 6.42. The number of methoxy groups -OCH3 is 1. The smallest absolute Gasteiger partial charge is 0.276 e. The molecule has 1 aliphatic heterocycles. The van der Waals surface area contributed by atoms with Crippen molar-refractivity contribution in [2.24, 2.45) is 0 Å². The highest BCUT2D eigenvalue weighted by molar-refractivity contribution is 7.07. The minimum Gasteiger partial charge on any atom is -0.493 e. The lowest BCUT2D eigenvalue weighted by Gasteiger charge is -2.26. The van der Waals surface area contributed by atoms with Crippen LogP contribution in [0.25, 0.3) is 10.9 Å². The fraction of sp³-hybridized carbons (Fsp3) is 0.308. The molecule has 4 heterocycles. The molecule has 1 amide bonds. The van der Waals surface area contributed by atoms with E-state index >= 15 is 0 Å². The molecule has 5 rings (SSSR count). The van der Waals surface area contributed by atoms with Crippen LogP contribution in [-0.2, 0) is 4.74 Å². The Morgan fingerprint density at radius 2 is 2.00 bits per heavy atom. The molecule has 0 bridgehead atoms. The van der Waals surface area contributed by atoms with Gasteiger partial charge < -0.3 is 24.3 Å². The number of amides is 1. The Hall–Kier alpha value is -3.80. The van der Waals surface area contributed by atoms with Gasteiger partial charge in [0.05, 0.1) is 44.2 Å². The topological polar surface area (TPSA) is 108 Å². The maximum absolute atomic E-state index is 12.2. The molecule has 1 fully saturated rings. The molecular formula is C26H27N5O5S. The number of ether oxygens (including phenoxy) is 4.